The van der Waals surface area contributed by atoms with Gasteiger partial charge in [-0.25, -0.2) is 0 Å². The van der Waals surface area contributed by atoms with Crippen LogP contribution >= 0.6 is 0 Å². The number of hydrogen-bond donors (Lipinski definition) is 0. The smallest absolute Gasteiger partial charge is 0.307 e. The van der Waals surface area contributed by atoms with Crippen molar-refractivity contribution in [1.82, 2.24) is 9.80 Å². The van der Waals surface area contributed by atoms with Crippen LogP contribution in [0.2, 0.25) is 0 Å². The van der Waals surface area contributed by atoms with Gasteiger partial charge in [-0.1, -0.05) is 71.1 Å². The summed E-state index contributed by atoms with van der Waals surface area (Å²) in [4.78, 5) is 37.5. The molecule has 0 aliphatic carbocycles. The molecular formula is C22H42N2O5. The zero-order valence-corrected chi connectivity index (χ0v) is 18.8. The first-order valence-corrected chi connectivity index (χ1v) is 11.1. The second kappa shape index (κ2) is 19.7. The van der Waals surface area contributed by atoms with Gasteiger partial charge in [0.15, 0.2) is 13.5 Å². The molecule has 170 valence electrons. The lowest BCUT2D eigenvalue weighted by Crippen LogP contribution is -2.37. The second-order valence-electron chi connectivity index (χ2n) is 7.81. The first kappa shape index (κ1) is 27.4. The molecule has 0 aromatic rings. The average molecular weight is 415 g/mol. The quantitative estimate of drug-likeness (QED) is 0.129. The number of rotatable bonds is 20. The third-order valence-corrected chi connectivity index (χ3v) is 4.79. The van der Waals surface area contributed by atoms with Crippen LogP contribution < -0.4 is 0 Å². The summed E-state index contributed by atoms with van der Waals surface area (Å²) in [6, 6.07) is 0. The molecule has 0 radical (unpaired) electrons. The molecule has 0 fully saturated rings. The Bertz CT molecular complexity index is 429. The van der Waals surface area contributed by atoms with E-state index in [9.17, 15) is 14.4 Å². The van der Waals surface area contributed by atoms with Crippen LogP contribution in [0.15, 0.2) is 0 Å². The molecule has 0 aromatic carbocycles. The van der Waals surface area contributed by atoms with E-state index < -0.39 is 0 Å². The van der Waals surface area contributed by atoms with Gasteiger partial charge in [-0.05, 0) is 20.5 Å². The van der Waals surface area contributed by atoms with E-state index in [1.165, 1.54) is 56.3 Å². The largest absolute Gasteiger partial charge is 0.446 e. The normalized spacial score (nSPS) is 10.8. The summed E-state index contributed by atoms with van der Waals surface area (Å²) >= 11 is 0. The number of nitrogens with zero attached hydrogens (tertiary/aromatic N) is 2. The number of carbonyl (C=O) groups excluding carboxylic acids is 3. The van der Waals surface area contributed by atoms with Crippen molar-refractivity contribution in [1.29, 1.82) is 0 Å². The molecule has 0 rings (SSSR count). The van der Waals surface area contributed by atoms with Crippen LogP contribution in [0.25, 0.3) is 0 Å². The number of amides is 1. The molecular weight excluding hydrogens is 372 g/mol. The number of hydrogen-bond acceptors (Lipinski definition) is 6. The molecule has 1 amide bonds. The Kier molecular flexibility index (Phi) is 18.6. The van der Waals surface area contributed by atoms with Crippen LogP contribution in [0.5, 0.6) is 0 Å². The van der Waals surface area contributed by atoms with Crippen molar-refractivity contribution in [3.63, 3.8) is 0 Å². The number of carbonyl (C=O) groups is 3. The molecule has 7 heteroatoms. The summed E-state index contributed by atoms with van der Waals surface area (Å²) in [5, 5.41) is 0. The summed E-state index contributed by atoms with van der Waals surface area (Å²) in [7, 11) is 3.74. The molecule has 0 atom stereocenters. The fraction of sp³-hybridized carbons (Fsp3) is 0.864. The van der Waals surface area contributed by atoms with E-state index in [2.05, 4.69) is 11.7 Å². The summed E-state index contributed by atoms with van der Waals surface area (Å²) in [5.41, 5.74) is 0. The maximum absolute atomic E-state index is 12.1. The number of unbranched alkanes of at least 4 members (excludes halogenated alkanes) is 10. The summed E-state index contributed by atoms with van der Waals surface area (Å²) in [6.45, 7) is 2.70. The van der Waals surface area contributed by atoms with E-state index in [0.717, 1.165) is 19.3 Å². The minimum absolute atomic E-state index is 0.184. The third-order valence-electron chi connectivity index (χ3n) is 4.79. The molecule has 0 aliphatic heterocycles. The van der Waals surface area contributed by atoms with Crippen molar-refractivity contribution in [3.8, 4) is 0 Å². The van der Waals surface area contributed by atoms with Crippen LogP contribution in [0.1, 0.15) is 90.4 Å². The van der Waals surface area contributed by atoms with Crippen LogP contribution in [-0.2, 0) is 23.9 Å². The summed E-state index contributed by atoms with van der Waals surface area (Å²) in [6.07, 6.45) is 14.1. The minimum atomic E-state index is -0.322. The highest BCUT2D eigenvalue weighted by molar-refractivity contribution is 5.76. The zero-order valence-electron chi connectivity index (χ0n) is 18.8. The summed E-state index contributed by atoms with van der Waals surface area (Å²) < 4.78 is 9.83. The molecule has 0 aromatic heterocycles. The van der Waals surface area contributed by atoms with Crippen molar-refractivity contribution < 1.29 is 23.9 Å². The van der Waals surface area contributed by atoms with Gasteiger partial charge in [-0.2, -0.15) is 0 Å². The van der Waals surface area contributed by atoms with Gasteiger partial charge in [-0.15, -0.1) is 0 Å². The third kappa shape index (κ3) is 18.2. The van der Waals surface area contributed by atoms with E-state index in [1.807, 2.05) is 19.0 Å². The molecule has 0 heterocycles. The van der Waals surface area contributed by atoms with Crippen molar-refractivity contribution in [2.24, 2.45) is 0 Å². The van der Waals surface area contributed by atoms with Gasteiger partial charge in [0.1, 0.15) is 0 Å². The first-order valence-electron chi connectivity index (χ1n) is 11.1. The standard InChI is InChI=1S/C22H42N2O5/c1-4-5-6-7-8-9-10-11-12-13-14-15-22(27)29-19-24(18-28-20-25)21(26)16-17-23(2)3/h20H,4-19H2,1-3H3. The maximum Gasteiger partial charge on any atom is 0.307 e. The minimum Gasteiger partial charge on any atom is -0.446 e. The highest BCUT2D eigenvalue weighted by Crippen LogP contribution is 2.12. The van der Waals surface area contributed by atoms with Crippen molar-refractivity contribution in [2.75, 3.05) is 34.1 Å². The van der Waals surface area contributed by atoms with E-state index in [-0.39, 0.29) is 38.2 Å². The molecule has 0 saturated carbocycles. The molecule has 0 bridgehead atoms. The summed E-state index contributed by atoms with van der Waals surface area (Å²) in [5.74, 6) is -0.541. The maximum atomic E-state index is 12.1. The predicted molar refractivity (Wildman–Crippen MR) is 114 cm³/mol. The van der Waals surface area contributed by atoms with E-state index >= 15 is 0 Å². The fourth-order valence-electron chi connectivity index (χ4n) is 2.93. The lowest BCUT2D eigenvalue weighted by Gasteiger charge is -2.21. The van der Waals surface area contributed by atoms with Crippen molar-refractivity contribution in [3.05, 3.63) is 0 Å². The molecule has 0 unspecified atom stereocenters. The van der Waals surface area contributed by atoms with Gasteiger partial charge in [0.05, 0.1) is 0 Å². The van der Waals surface area contributed by atoms with E-state index in [4.69, 9.17) is 4.74 Å². The van der Waals surface area contributed by atoms with Crippen molar-refractivity contribution >= 4 is 18.3 Å². The van der Waals surface area contributed by atoms with Crippen molar-refractivity contribution in [2.45, 2.75) is 90.4 Å². The lowest BCUT2D eigenvalue weighted by atomic mass is 10.1. The van der Waals surface area contributed by atoms with Gasteiger partial charge in [0.2, 0.25) is 5.91 Å². The Morgan fingerprint density at radius 3 is 1.86 bits per heavy atom. The molecule has 0 spiro atoms. The van der Waals surface area contributed by atoms with Crippen LogP contribution in [0.3, 0.4) is 0 Å². The number of esters is 1. The molecule has 0 aliphatic rings. The Balaban J connectivity index is 3.79. The molecule has 0 N–H and O–H groups in total. The van der Waals surface area contributed by atoms with E-state index in [1.54, 1.807) is 0 Å². The Morgan fingerprint density at radius 1 is 0.793 bits per heavy atom. The molecule has 0 saturated heterocycles. The Hall–Kier alpha value is -1.63. The van der Waals surface area contributed by atoms with Gasteiger partial charge in [-0.3, -0.25) is 19.3 Å². The van der Waals surface area contributed by atoms with Gasteiger partial charge >= 0.3 is 5.97 Å². The van der Waals surface area contributed by atoms with Crippen LogP contribution in [0.4, 0.5) is 0 Å². The SMILES string of the molecule is CCCCCCCCCCCCCC(=O)OCN(COC=O)C(=O)CCN(C)C. The monoisotopic (exact) mass is 414 g/mol. The average Bonchev–Trinajstić information content (AvgIpc) is 2.70. The van der Waals surface area contributed by atoms with Gasteiger partial charge in [0, 0.05) is 19.4 Å². The lowest BCUT2D eigenvalue weighted by molar-refractivity contribution is -0.159. The van der Waals surface area contributed by atoms with Crippen LogP contribution in [0, 0.1) is 0 Å². The Morgan fingerprint density at radius 2 is 1.34 bits per heavy atom. The zero-order chi connectivity index (χ0) is 21.7. The number of ether oxygens (including phenoxy) is 2. The highest BCUT2D eigenvalue weighted by atomic mass is 16.6. The van der Waals surface area contributed by atoms with Crippen LogP contribution in [-0.4, -0.2) is 62.3 Å². The molecule has 7 nitrogen and oxygen atoms in total. The van der Waals surface area contributed by atoms with E-state index in [0.29, 0.717) is 13.0 Å². The molecule has 29 heavy (non-hydrogen) atoms. The predicted octanol–water partition coefficient (Wildman–Crippen LogP) is 4.10. The topological polar surface area (TPSA) is 76.1 Å². The van der Waals surface area contributed by atoms with Gasteiger partial charge < -0.3 is 14.4 Å². The highest BCUT2D eigenvalue weighted by Gasteiger charge is 2.16. The second-order valence-corrected chi connectivity index (χ2v) is 7.81. The first-order chi connectivity index (χ1) is 14.0. The fourth-order valence-corrected chi connectivity index (χ4v) is 2.93. The Labute approximate surface area is 177 Å². The van der Waals surface area contributed by atoms with Gasteiger partial charge in [0.25, 0.3) is 6.47 Å².